The summed E-state index contributed by atoms with van der Waals surface area (Å²) in [5.41, 5.74) is 0.151. The lowest BCUT2D eigenvalue weighted by Crippen LogP contribution is -2.62. The van der Waals surface area contributed by atoms with E-state index in [9.17, 15) is 4.79 Å². The molecule has 1 aliphatic carbocycles. The molecule has 0 aromatic carbocycles. The highest BCUT2D eigenvalue weighted by molar-refractivity contribution is 5.85. The predicted molar refractivity (Wildman–Crippen MR) is 106 cm³/mol. The molecule has 2 N–H and O–H groups in total. The molecule has 3 rings (SSSR count). The maximum atomic E-state index is 12.8. The van der Waals surface area contributed by atoms with E-state index in [1.165, 1.54) is 25.7 Å². The molecule has 0 aromatic heterocycles. The fourth-order valence-corrected chi connectivity index (χ4v) is 4.85. The molecule has 1 unspecified atom stereocenters. The third-order valence-corrected chi connectivity index (χ3v) is 6.27. The molecular formula is C18H35Cl2N3O2. The van der Waals surface area contributed by atoms with Gasteiger partial charge >= 0.3 is 0 Å². The summed E-state index contributed by atoms with van der Waals surface area (Å²) in [6, 6.07) is 0.676. The van der Waals surface area contributed by atoms with Crippen molar-refractivity contribution in [3.8, 4) is 0 Å². The molecule has 0 spiro atoms. The van der Waals surface area contributed by atoms with Gasteiger partial charge in [0.25, 0.3) is 0 Å². The minimum absolute atomic E-state index is 0. The summed E-state index contributed by atoms with van der Waals surface area (Å²) in [5, 5.41) is 6.83. The summed E-state index contributed by atoms with van der Waals surface area (Å²) in [7, 11) is 0. The largest absolute Gasteiger partial charge is 0.379 e. The zero-order valence-electron chi connectivity index (χ0n) is 15.6. The van der Waals surface area contributed by atoms with Crippen LogP contribution in [-0.2, 0) is 9.53 Å². The highest BCUT2D eigenvalue weighted by Gasteiger charge is 2.45. The first-order chi connectivity index (χ1) is 11.1. The highest BCUT2D eigenvalue weighted by Crippen LogP contribution is 2.38. The van der Waals surface area contributed by atoms with Gasteiger partial charge in [0.1, 0.15) is 0 Å². The van der Waals surface area contributed by atoms with Crippen molar-refractivity contribution in [1.29, 1.82) is 0 Å². The topological polar surface area (TPSA) is 53.6 Å². The normalized spacial score (nSPS) is 30.6. The Morgan fingerprint density at radius 2 is 1.88 bits per heavy atom. The second-order valence-corrected chi connectivity index (χ2v) is 7.72. The number of hydrogen-bond acceptors (Lipinski definition) is 4. The number of nitrogens with zero attached hydrogens (tertiary/aromatic N) is 1. The molecular weight excluding hydrogens is 361 g/mol. The Labute approximate surface area is 164 Å². The number of carbonyl (C=O) groups is 1. The summed E-state index contributed by atoms with van der Waals surface area (Å²) in [4.78, 5) is 15.4. The fourth-order valence-electron chi connectivity index (χ4n) is 4.85. The van der Waals surface area contributed by atoms with Crippen LogP contribution in [0.3, 0.4) is 0 Å². The van der Waals surface area contributed by atoms with Gasteiger partial charge in [-0.3, -0.25) is 9.69 Å². The SMILES string of the molecule is CC(NC(=O)[C@H]1CCN[C@@H](C)C1)C1(N2CCOCC2)CCCC1.Cl.Cl. The number of carbonyl (C=O) groups excluding carboxylic acids is 1. The molecule has 2 heterocycles. The zero-order valence-corrected chi connectivity index (χ0v) is 17.2. The van der Waals surface area contributed by atoms with E-state index < -0.39 is 0 Å². The van der Waals surface area contributed by atoms with Gasteiger partial charge in [0, 0.05) is 36.6 Å². The van der Waals surface area contributed by atoms with Crippen molar-refractivity contribution in [2.45, 2.75) is 70.0 Å². The molecule has 1 amide bonds. The van der Waals surface area contributed by atoms with Crippen LogP contribution < -0.4 is 10.6 Å². The number of amides is 1. The van der Waals surface area contributed by atoms with Crippen LogP contribution in [0.5, 0.6) is 0 Å². The summed E-state index contributed by atoms with van der Waals surface area (Å²) in [6.07, 6.45) is 6.90. The second-order valence-electron chi connectivity index (χ2n) is 7.72. The van der Waals surface area contributed by atoms with Gasteiger partial charge in [-0.1, -0.05) is 12.8 Å². The number of rotatable bonds is 4. The molecule has 5 nitrogen and oxygen atoms in total. The van der Waals surface area contributed by atoms with Crippen LogP contribution in [0, 0.1) is 5.92 Å². The van der Waals surface area contributed by atoms with Crippen molar-refractivity contribution < 1.29 is 9.53 Å². The van der Waals surface area contributed by atoms with E-state index in [0.29, 0.717) is 6.04 Å². The quantitative estimate of drug-likeness (QED) is 0.766. The summed E-state index contributed by atoms with van der Waals surface area (Å²) in [5.74, 6) is 0.447. The Kier molecular flexibility index (Phi) is 9.47. The Morgan fingerprint density at radius 1 is 1.24 bits per heavy atom. The molecule has 25 heavy (non-hydrogen) atoms. The zero-order chi connectivity index (χ0) is 16.3. The first-order valence-corrected chi connectivity index (χ1v) is 9.48. The monoisotopic (exact) mass is 395 g/mol. The van der Waals surface area contributed by atoms with Crippen molar-refractivity contribution in [2.75, 3.05) is 32.8 Å². The number of halogens is 2. The third-order valence-electron chi connectivity index (χ3n) is 6.27. The maximum absolute atomic E-state index is 12.8. The van der Waals surface area contributed by atoms with Gasteiger partial charge in [-0.25, -0.2) is 0 Å². The molecule has 0 radical (unpaired) electrons. The Balaban J connectivity index is 0.00000156. The van der Waals surface area contributed by atoms with Gasteiger partial charge in [-0.05, 0) is 46.1 Å². The van der Waals surface area contributed by atoms with E-state index in [0.717, 1.165) is 45.7 Å². The minimum Gasteiger partial charge on any atom is -0.379 e. The van der Waals surface area contributed by atoms with Crippen LogP contribution in [0.4, 0.5) is 0 Å². The fraction of sp³-hybridized carbons (Fsp3) is 0.944. The number of morpholine rings is 1. The smallest absolute Gasteiger partial charge is 0.223 e. The Bertz CT molecular complexity index is 413. The van der Waals surface area contributed by atoms with Gasteiger partial charge in [-0.15, -0.1) is 24.8 Å². The van der Waals surface area contributed by atoms with E-state index in [2.05, 4.69) is 29.4 Å². The van der Waals surface area contributed by atoms with E-state index in [1.807, 2.05) is 0 Å². The van der Waals surface area contributed by atoms with Gasteiger partial charge < -0.3 is 15.4 Å². The van der Waals surface area contributed by atoms with Crippen LogP contribution in [0.25, 0.3) is 0 Å². The Hall–Kier alpha value is -0.0700. The first-order valence-electron chi connectivity index (χ1n) is 9.48. The molecule has 0 bridgehead atoms. The lowest BCUT2D eigenvalue weighted by molar-refractivity contribution is -0.128. The number of piperidine rings is 1. The summed E-state index contributed by atoms with van der Waals surface area (Å²) < 4.78 is 5.54. The van der Waals surface area contributed by atoms with E-state index >= 15 is 0 Å². The van der Waals surface area contributed by atoms with Crippen LogP contribution in [0.1, 0.15) is 52.4 Å². The highest BCUT2D eigenvalue weighted by atomic mass is 35.5. The molecule has 2 saturated heterocycles. The number of hydrogen-bond donors (Lipinski definition) is 2. The third kappa shape index (κ3) is 5.23. The lowest BCUT2D eigenvalue weighted by Gasteiger charge is -2.47. The molecule has 148 valence electrons. The maximum Gasteiger partial charge on any atom is 0.223 e. The van der Waals surface area contributed by atoms with Crippen molar-refractivity contribution in [3.05, 3.63) is 0 Å². The van der Waals surface area contributed by atoms with Crippen molar-refractivity contribution >= 4 is 30.7 Å². The average Bonchev–Trinajstić information content (AvgIpc) is 3.06. The van der Waals surface area contributed by atoms with E-state index in [1.54, 1.807) is 0 Å². The first kappa shape index (κ1) is 23.0. The minimum atomic E-state index is 0. The molecule has 7 heteroatoms. The standard InChI is InChI=1S/C18H33N3O2.2ClH/c1-14-13-16(5-8-19-14)17(22)20-15(2)18(6-3-4-7-18)21-9-11-23-12-10-21;;/h14-16,19H,3-13H2,1-2H3,(H,20,22);2*1H/t14-,15?,16-;;/m0../s1. The average molecular weight is 396 g/mol. The number of nitrogens with one attached hydrogen (secondary N) is 2. The van der Waals surface area contributed by atoms with Crippen LogP contribution in [0.15, 0.2) is 0 Å². The van der Waals surface area contributed by atoms with E-state index in [4.69, 9.17) is 4.74 Å². The van der Waals surface area contributed by atoms with Gasteiger partial charge in [0.15, 0.2) is 0 Å². The second kappa shape index (κ2) is 10.3. The Morgan fingerprint density at radius 3 is 2.48 bits per heavy atom. The van der Waals surface area contributed by atoms with Crippen LogP contribution >= 0.6 is 24.8 Å². The molecule has 3 aliphatic rings. The molecule has 3 atom stereocenters. The van der Waals surface area contributed by atoms with Crippen molar-refractivity contribution in [3.63, 3.8) is 0 Å². The summed E-state index contributed by atoms with van der Waals surface area (Å²) >= 11 is 0. The van der Waals surface area contributed by atoms with Gasteiger partial charge in [-0.2, -0.15) is 0 Å². The predicted octanol–water partition coefficient (Wildman–Crippen LogP) is 2.37. The van der Waals surface area contributed by atoms with Crippen LogP contribution in [-0.4, -0.2) is 61.3 Å². The van der Waals surface area contributed by atoms with Crippen LogP contribution in [0.2, 0.25) is 0 Å². The molecule has 3 fully saturated rings. The molecule has 2 aliphatic heterocycles. The number of ether oxygens (including phenoxy) is 1. The van der Waals surface area contributed by atoms with Gasteiger partial charge in [0.05, 0.1) is 13.2 Å². The molecule has 1 saturated carbocycles. The van der Waals surface area contributed by atoms with Crippen molar-refractivity contribution in [1.82, 2.24) is 15.5 Å². The van der Waals surface area contributed by atoms with Gasteiger partial charge in [0.2, 0.25) is 5.91 Å². The molecule has 0 aromatic rings. The summed E-state index contributed by atoms with van der Waals surface area (Å²) in [6.45, 7) is 9.03. The lowest BCUT2D eigenvalue weighted by atomic mass is 9.85. The van der Waals surface area contributed by atoms with Crippen molar-refractivity contribution in [2.24, 2.45) is 5.92 Å². The van der Waals surface area contributed by atoms with E-state index in [-0.39, 0.29) is 48.2 Å².